The number of amides is 2. The second-order valence-electron chi connectivity index (χ2n) is 8.58. The van der Waals surface area contributed by atoms with Gasteiger partial charge < -0.3 is 10.6 Å². The van der Waals surface area contributed by atoms with Gasteiger partial charge in [0.2, 0.25) is 10.0 Å². The average Bonchev–Trinajstić information content (AvgIpc) is 2.77. The van der Waals surface area contributed by atoms with E-state index in [4.69, 9.17) is 0 Å². The van der Waals surface area contributed by atoms with Gasteiger partial charge in [-0.15, -0.1) is 0 Å². The molecule has 1 aromatic carbocycles. The summed E-state index contributed by atoms with van der Waals surface area (Å²) in [6.07, 6.45) is 6.17. The maximum atomic E-state index is 13.5. The maximum Gasteiger partial charge on any atom is 0.309 e. The molecule has 0 spiro atoms. The average molecular weight is 473 g/mol. The summed E-state index contributed by atoms with van der Waals surface area (Å²) in [5.41, 5.74) is 3.32. The minimum atomic E-state index is -3.66. The van der Waals surface area contributed by atoms with Crippen LogP contribution in [-0.4, -0.2) is 48.7 Å². The van der Waals surface area contributed by atoms with Gasteiger partial charge in [-0.05, 0) is 62.8 Å². The molecule has 1 aliphatic heterocycles. The van der Waals surface area contributed by atoms with Crippen LogP contribution in [-0.2, 0) is 26.2 Å². The zero-order chi connectivity index (χ0) is 24.0. The first-order chi connectivity index (χ1) is 15.7. The van der Waals surface area contributed by atoms with Crippen molar-refractivity contribution in [2.24, 2.45) is 0 Å². The van der Waals surface area contributed by atoms with Crippen LogP contribution in [0, 0.1) is 20.8 Å². The number of sulfonamides is 1. The molecule has 2 amide bonds. The van der Waals surface area contributed by atoms with Crippen molar-refractivity contribution < 1.29 is 18.0 Å². The zero-order valence-electron chi connectivity index (χ0n) is 19.4. The number of nitrogens with one attached hydrogen (secondary N) is 2. The number of aromatic nitrogens is 1. The molecule has 1 fully saturated rings. The summed E-state index contributed by atoms with van der Waals surface area (Å²) >= 11 is 0. The number of benzene rings is 1. The predicted octanol–water partition coefficient (Wildman–Crippen LogP) is 2.37. The van der Waals surface area contributed by atoms with E-state index in [2.05, 4.69) is 15.6 Å². The van der Waals surface area contributed by atoms with Crippen LogP contribution >= 0.6 is 0 Å². The molecule has 0 bridgehead atoms. The monoisotopic (exact) mass is 472 g/mol. The normalized spacial score (nSPS) is 16.9. The zero-order valence-corrected chi connectivity index (χ0v) is 20.2. The Morgan fingerprint density at radius 3 is 2.45 bits per heavy atom. The van der Waals surface area contributed by atoms with Crippen LogP contribution in [0.3, 0.4) is 0 Å². The summed E-state index contributed by atoms with van der Waals surface area (Å²) in [4.78, 5) is 28.6. The Morgan fingerprint density at radius 1 is 1.09 bits per heavy atom. The van der Waals surface area contributed by atoms with E-state index in [1.165, 1.54) is 0 Å². The Morgan fingerprint density at radius 2 is 1.79 bits per heavy atom. The standard InChI is InChI=1S/C24H32N4O4S/c1-17-13-18(2)22(19(3)14-17)33(31,32)28-12-5-4-8-21(28)9-11-26-23(29)24(30)27-16-20-7-6-10-25-15-20/h6-7,10,13-15,21H,4-5,8-9,11-12,16H2,1-3H3,(H,26,29)(H,27,30)/t21-/m0/s1. The van der Waals surface area contributed by atoms with E-state index in [1.54, 1.807) is 28.8 Å². The maximum absolute atomic E-state index is 13.5. The molecule has 0 unspecified atom stereocenters. The third-order valence-corrected chi connectivity index (χ3v) is 8.15. The van der Waals surface area contributed by atoms with Crippen molar-refractivity contribution in [3.63, 3.8) is 0 Å². The second-order valence-corrected chi connectivity index (χ2v) is 10.4. The smallest absolute Gasteiger partial charge is 0.309 e. The lowest BCUT2D eigenvalue weighted by Crippen LogP contribution is -2.46. The van der Waals surface area contributed by atoms with Crippen molar-refractivity contribution in [3.05, 3.63) is 58.9 Å². The van der Waals surface area contributed by atoms with Gasteiger partial charge in [0.25, 0.3) is 0 Å². The van der Waals surface area contributed by atoms with Gasteiger partial charge >= 0.3 is 11.8 Å². The van der Waals surface area contributed by atoms with Crippen LogP contribution < -0.4 is 10.6 Å². The molecule has 1 aromatic heterocycles. The first-order valence-electron chi connectivity index (χ1n) is 11.2. The highest BCUT2D eigenvalue weighted by atomic mass is 32.2. The molecule has 2 heterocycles. The topological polar surface area (TPSA) is 108 Å². The number of nitrogens with zero attached hydrogens (tertiary/aromatic N) is 2. The van der Waals surface area contributed by atoms with E-state index in [9.17, 15) is 18.0 Å². The quantitative estimate of drug-likeness (QED) is 0.602. The third-order valence-electron chi connectivity index (χ3n) is 5.89. The molecule has 9 heteroatoms. The molecule has 0 aliphatic carbocycles. The van der Waals surface area contributed by atoms with Crippen molar-refractivity contribution in [1.82, 2.24) is 19.9 Å². The molecule has 1 saturated heterocycles. The molecule has 1 aliphatic rings. The van der Waals surface area contributed by atoms with E-state index >= 15 is 0 Å². The van der Waals surface area contributed by atoms with Crippen LogP contribution in [0.2, 0.25) is 0 Å². The molecule has 3 rings (SSSR count). The largest absolute Gasteiger partial charge is 0.348 e. The van der Waals surface area contributed by atoms with Gasteiger partial charge in [0.1, 0.15) is 0 Å². The Hall–Kier alpha value is -2.78. The lowest BCUT2D eigenvalue weighted by Gasteiger charge is -2.35. The minimum Gasteiger partial charge on any atom is -0.348 e. The van der Waals surface area contributed by atoms with E-state index in [-0.39, 0.29) is 19.1 Å². The summed E-state index contributed by atoms with van der Waals surface area (Å²) in [5, 5.41) is 5.18. The fraction of sp³-hybridized carbons (Fsp3) is 0.458. The summed E-state index contributed by atoms with van der Waals surface area (Å²) in [6.45, 7) is 6.51. The van der Waals surface area contributed by atoms with Crippen LogP contribution in [0.1, 0.15) is 47.9 Å². The van der Waals surface area contributed by atoms with Gasteiger partial charge in [0.05, 0.1) is 4.90 Å². The highest BCUT2D eigenvalue weighted by Crippen LogP contribution is 2.31. The molecular weight excluding hydrogens is 440 g/mol. The van der Waals surface area contributed by atoms with Gasteiger partial charge in [0.15, 0.2) is 0 Å². The van der Waals surface area contributed by atoms with Crippen LogP contribution in [0.15, 0.2) is 41.6 Å². The number of hydrogen-bond donors (Lipinski definition) is 2. The Balaban J connectivity index is 1.59. The first kappa shape index (κ1) is 24.9. The molecule has 0 radical (unpaired) electrons. The SMILES string of the molecule is Cc1cc(C)c(S(=O)(=O)N2CCCC[C@H]2CCNC(=O)C(=O)NCc2cccnc2)c(C)c1. The van der Waals surface area contributed by atoms with Gasteiger partial charge in [-0.3, -0.25) is 14.6 Å². The Labute approximate surface area is 195 Å². The fourth-order valence-electron chi connectivity index (χ4n) is 4.47. The van der Waals surface area contributed by atoms with E-state index in [1.807, 2.05) is 32.9 Å². The van der Waals surface area contributed by atoms with Crippen molar-refractivity contribution in [1.29, 1.82) is 0 Å². The number of carbonyl (C=O) groups is 2. The molecule has 8 nitrogen and oxygen atoms in total. The Bertz CT molecular complexity index is 1080. The number of piperidine rings is 1. The van der Waals surface area contributed by atoms with Crippen molar-refractivity contribution in [3.8, 4) is 0 Å². The second kappa shape index (κ2) is 10.9. The molecule has 0 saturated carbocycles. The lowest BCUT2D eigenvalue weighted by molar-refractivity contribution is -0.139. The van der Waals surface area contributed by atoms with Crippen molar-refractivity contribution in [2.75, 3.05) is 13.1 Å². The molecular formula is C24H32N4O4S. The summed E-state index contributed by atoms with van der Waals surface area (Å²) in [6, 6.07) is 7.13. The van der Waals surface area contributed by atoms with E-state index < -0.39 is 21.8 Å². The van der Waals surface area contributed by atoms with E-state index in [0.717, 1.165) is 41.5 Å². The highest BCUT2D eigenvalue weighted by molar-refractivity contribution is 7.89. The van der Waals surface area contributed by atoms with Crippen molar-refractivity contribution in [2.45, 2.75) is 63.9 Å². The third kappa shape index (κ3) is 6.17. The van der Waals surface area contributed by atoms with Gasteiger partial charge in [-0.2, -0.15) is 4.31 Å². The molecule has 2 aromatic rings. The van der Waals surface area contributed by atoms with Gasteiger partial charge in [-0.1, -0.05) is 30.2 Å². The molecule has 178 valence electrons. The molecule has 2 N–H and O–H groups in total. The van der Waals surface area contributed by atoms with Crippen LogP contribution in [0.4, 0.5) is 0 Å². The number of carbonyl (C=O) groups excluding carboxylic acids is 2. The Kier molecular flexibility index (Phi) is 8.20. The van der Waals surface area contributed by atoms with Gasteiger partial charge in [0, 0.05) is 38.1 Å². The van der Waals surface area contributed by atoms with Crippen LogP contribution in [0.5, 0.6) is 0 Å². The lowest BCUT2D eigenvalue weighted by atomic mass is 10.0. The summed E-state index contributed by atoms with van der Waals surface area (Å²) in [5.74, 6) is -1.45. The number of aryl methyl sites for hydroxylation is 3. The number of rotatable bonds is 7. The minimum absolute atomic E-state index is 0.212. The highest BCUT2D eigenvalue weighted by Gasteiger charge is 2.35. The summed E-state index contributed by atoms with van der Waals surface area (Å²) in [7, 11) is -3.66. The number of hydrogen-bond acceptors (Lipinski definition) is 5. The molecule has 33 heavy (non-hydrogen) atoms. The molecule has 1 atom stereocenters. The van der Waals surface area contributed by atoms with Gasteiger partial charge in [-0.25, -0.2) is 8.42 Å². The number of pyridine rings is 1. The van der Waals surface area contributed by atoms with Crippen molar-refractivity contribution >= 4 is 21.8 Å². The predicted molar refractivity (Wildman–Crippen MR) is 126 cm³/mol. The fourth-order valence-corrected chi connectivity index (χ4v) is 6.61. The first-order valence-corrected chi connectivity index (χ1v) is 12.7. The summed E-state index contributed by atoms with van der Waals surface area (Å²) < 4.78 is 28.7. The van der Waals surface area contributed by atoms with E-state index in [0.29, 0.717) is 17.9 Å². The van der Waals surface area contributed by atoms with Crippen LogP contribution in [0.25, 0.3) is 0 Å².